The Kier molecular flexibility index (Phi) is 3.82. The molecule has 1 atom stereocenters. The first-order chi connectivity index (χ1) is 8.70. The van der Waals surface area contributed by atoms with Gasteiger partial charge in [0.25, 0.3) is 0 Å². The maximum absolute atomic E-state index is 11.6. The van der Waals surface area contributed by atoms with Crippen molar-refractivity contribution in [2.24, 2.45) is 0 Å². The van der Waals surface area contributed by atoms with Gasteiger partial charge < -0.3 is 9.88 Å². The first-order valence-corrected chi connectivity index (χ1v) is 6.10. The summed E-state index contributed by atoms with van der Waals surface area (Å²) in [5.41, 5.74) is 2.38. The number of amides is 1. The number of nitrogens with zero attached hydrogens (tertiary/aromatic N) is 1. The van der Waals surface area contributed by atoms with Gasteiger partial charge in [-0.3, -0.25) is 4.79 Å². The predicted octanol–water partition coefficient (Wildman–Crippen LogP) is 2.52. The molecule has 1 N–H and O–H groups in total. The van der Waals surface area contributed by atoms with Crippen LogP contribution in [-0.2, 0) is 4.79 Å². The van der Waals surface area contributed by atoms with E-state index in [2.05, 4.69) is 41.1 Å². The Morgan fingerprint density at radius 2 is 1.83 bits per heavy atom. The molecule has 0 saturated heterocycles. The third-order valence-electron chi connectivity index (χ3n) is 3.11. The molecular formula is C15H18N2O. The molecule has 1 amide bonds. The molecule has 1 heterocycles. The van der Waals surface area contributed by atoms with Crippen molar-refractivity contribution in [3.05, 3.63) is 59.9 Å². The minimum absolute atomic E-state index is 0.0503. The van der Waals surface area contributed by atoms with Gasteiger partial charge in [0.2, 0.25) is 5.91 Å². The molecule has 2 rings (SSSR count). The smallest absolute Gasteiger partial charge is 0.222 e. The van der Waals surface area contributed by atoms with Crippen LogP contribution in [0, 0.1) is 6.92 Å². The molecule has 1 aromatic carbocycles. The zero-order valence-corrected chi connectivity index (χ0v) is 10.8. The Labute approximate surface area is 107 Å². The molecule has 0 bridgehead atoms. The molecule has 18 heavy (non-hydrogen) atoms. The van der Waals surface area contributed by atoms with Crippen molar-refractivity contribution < 1.29 is 4.79 Å². The highest BCUT2D eigenvalue weighted by molar-refractivity contribution is 5.76. The Morgan fingerprint density at radius 3 is 2.39 bits per heavy atom. The van der Waals surface area contributed by atoms with Crippen LogP contribution in [0.25, 0.3) is 0 Å². The van der Waals surface area contributed by atoms with Crippen molar-refractivity contribution in [1.29, 1.82) is 0 Å². The molecule has 94 valence electrons. The number of hydrogen-bond acceptors (Lipinski definition) is 1. The van der Waals surface area contributed by atoms with Gasteiger partial charge in [0.15, 0.2) is 0 Å². The van der Waals surface area contributed by atoms with E-state index in [1.54, 1.807) is 7.05 Å². The molecule has 3 nitrogen and oxygen atoms in total. The molecule has 0 aliphatic heterocycles. The van der Waals surface area contributed by atoms with Gasteiger partial charge in [-0.2, -0.15) is 0 Å². The standard InChI is InChI=1S/C15H18N2O/c1-12-5-7-13(8-6-12)14(11-15(18)16-2)17-9-3-4-10-17/h3-10,14H,11H2,1-2H3,(H,16,18). The maximum Gasteiger partial charge on any atom is 0.222 e. The molecule has 1 unspecified atom stereocenters. The second-order valence-electron chi connectivity index (χ2n) is 4.43. The molecule has 3 heteroatoms. The lowest BCUT2D eigenvalue weighted by Crippen LogP contribution is -2.23. The zero-order chi connectivity index (χ0) is 13.0. The van der Waals surface area contributed by atoms with Crippen molar-refractivity contribution in [2.75, 3.05) is 7.05 Å². The average Bonchev–Trinajstić information content (AvgIpc) is 2.90. The summed E-state index contributed by atoms with van der Waals surface area (Å²) in [5.74, 6) is 0.0503. The second-order valence-corrected chi connectivity index (χ2v) is 4.43. The summed E-state index contributed by atoms with van der Waals surface area (Å²) in [6.07, 6.45) is 4.44. The van der Waals surface area contributed by atoms with E-state index in [1.807, 2.05) is 24.5 Å². The average molecular weight is 242 g/mol. The van der Waals surface area contributed by atoms with Gasteiger partial charge in [-0.1, -0.05) is 29.8 Å². The Bertz CT molecular complexity index is 500. The minimum atomic E-state index is 0.0503. The van der Waals surface area contributed by atoms with Gasteiger partial charge >= 0.3 is 0 Å². The Morgan fingerprint density at radius 1 is 1.22 bits per heavy atom. The lowest BCUT2D eigenvalue weighted by molar-refractivity contribution is -0.121. The first kappa shape index (κ1) is 12.4. The molecule has 0 aliphatic carbocycles. The first-order valence-electron chi connectivity index (χ1n) is 6.10. The quantitative estimate of drug-likeness (QED) is 0.878. The molecule has 0 radical (unpaired) electrons. The van der Waals surface area contributed by atoms with Gasteiger partial charge in [-0.25, -0.2) is 0 Å². The number of benzene rings is 1. The van der Waals surface area contributed by atoms with Crippen LogP contribution in [0.1, 0.15) is 23.6 Å². The van der Waals surface area contributed by atoms with Crippen molar-refractivity contribution >= 4 is 5.91 Å². The van der Waals surface area contributed by atoms with E-state index in [9.17, 15) is 4.79 Å². The summed E-state index contributed by atoms with van der Waals surface area (Å²) in [6.45, 7) is 2.06. The lowest BCUT2D eigenvalue weighted by Gasteiger charge is -2.19. The fourth-order valence-corrected chi connectivity index (χ4v) is 2.02. The number of hydrogen-bond donors (Lipinski definition) is 1. The molecule has 0 aliphatic rings. The number of nitrogens with one attached hydrogen (secondary N) is 1. The third-order valence-corrected chi connectivity index (χ3v) is 3.11. The highest BCUT2D eigenvalue weighted by Crippen LogP contribution is 2.22. The summed E-state index contributed by atoms with van der Waals surface area (Å²) in [5, 5.41) is 2.69. The van der Waals surface area contributed by atoms with Crippen LogP contribution in [0.15, 0.2) is 48.8 Å². The summed E-state index contributed by atoms with van der Waals surface area (Å²) in [6, 6.07) is 12.3. The van der Waals surface area contributed by atoms with E-state index in [0.29, 0.717) is 6.42 Å². The summed E-state index contributed by atoms with van der Waals surface area (Å²) in [4.78, 5) is 11.6. The van der Waals surface area contributed by atoms with E-state index in [-0.39, 0.29) is 11.9 Å². The highest BCUT2D eigenvalue weighted by Gasteiger charge is 2.16. The number of aryl methyl sites for hydroxylation is 1. The molecule has 1 aromatic heterocycles. The van der Waals surface area contributed by atoms with Crippen molar-refractivity contribution in [1.82, 2.24) is 9.88 Å². The molecule has 0 spiro atoms. The fourth-order valence-electron chi connectivity index (χ4n) is 2.02. The van der Waals surface area contributed by atoms with Crippen LogP contribution >= 0.6 is 0 Å². The summed E-state index contributed by atoms with van der Waals surface area (Å²) >= 11 is 0. The highest BCUT2D eigenvalue weighted by atomic mass is 16.1. The molecule has 2 aromatic rings. The van der Waals surface area contributed by atoms with Gasteiger partial charge in [0.1, 0.15) is 0 Å². The molecule has 0 saturated carbocycles. The summed E-state index contributed by atoms with van der Waals surface area (Å²) < 4.78 is 2.07. The van der Waals surface area contributed by atoms with Crippen LogP contribution in [0.5, 0.6) is 0 Å². The Hall–Kier alpha value is -2.03. The molecular weight excluding hydrogens is 224 g/mol. The predicted molar refractivity (Wildman–Crippen MR) is 72.4 cm³/mol. The van der Waals surface area contributed by atoms with Gasteiger partial charge in [0, 0.05) is 19.4 Å². The number of aromatic nitrogens is 1. The summed E-state index contributed by atoms with van der Waals surface area (Å²) in [7, 11) is 1.67. The van der Waals surface area contributed by atoms with Crippen LogP contribution in [0.4, 0.5) is 0 Å². The van der Waals surface area contributed by atoms with Gasteiger partial charge in [-0.15, -0.1) is 0 Å². The van der Waals surface area contributed by atoms with Crippen LogP contribution < -0.4 is 5.32 Å². The SMILES string of the molecule is CNC(=O)CC(c1ccc(C)cc1)n1cccc1. The lowest BCUT2D eigenvalue weighted by atomic mass is 10.0. The number of carbonyl (C=O) groups is 1. The number of carbonyl (C=O) groups excluding carboxylic acids is 1. The van der Waals surface area contributed by atoms with E-state index in [4.69, 9.17) is 0 Å². The monoisotopic (exact) mass is 242 g/mol. The topological polar surface area (TPSA) is 34.0 Å². The van der Waals surface area contributed by atoms with Gasteiger partial charge in [-0.05, 0) is 24.6 Å². The van der Waals surface area contributed by atoms with Crippen LogP contribution in [0.2, 0.25) is 0 Å². The van der Waals surface area contributed by atoms with E-state index < -0.39 is 0 Å². The largest absolute Gasteiger partial charge is 0.359 e. The number of rotatable bonds is 4. The second kappa shape index (κ2) is 5.54. The Balaban J connectivity index is 2.30. The minimum Gasteiger partial charge on any atom is -0.359 e. The van der Waals surface area contributed by atoms with Crippen molar-refractivity contribution in [3.63, 3.8) is 0 Å². The normalized spacial score (nSPS) is 12.1. The molecule has 0 fully saturated rings. The van der Waals surface area contributed by atoms with Crippen LogP contribution in [-0.4, -0.2) is 17.5 Å². The van der Waals surface area contributed by atoms with E-state index in [0.717, 1.165) is 5.56 Å². The fraction of sp³-hybridized carbons (Fsp3) is 0.267. The zero-order valence-electron chi connectivity index (χ0n) is 10.8. The third kappa shape index (κ3) is 2.80. The van der Waals surface area contributed by atoms with Crippen molar-refractivity contribution in [2.45, 2.75) is 19.4 Å². The van der Waals surface area contributed by atoms with Gasteiger partial charge in [0.05, 0.1) is 12.5 Å². The van der Waals surface area contributed by atoms with E-state index >= 15 is 0 Å². The van der Waals surface area contributed by atoms with E-state index in [1.165, 1.54) is 5.56 Å². The van der Waals surface area contributed by atoms with Crippen molar-refractivity contribution in [3.8, 4) is 0 Å². The van der Waals surface area contributed by atoms with Crippen LogP contribution in [0.3, 0.4) is 0 Å². The maximum atomic E-state index is 11.6.